The Kier molecular flexibility index (Phi) is 5.41. The Balaban J connectivity index is 2.22. The summed E-state index contributed by atoms with van der Waals surface area (Å²) in [6, 6.07) is 8.69. The largest absolute Gasteiger partial charge is 0.468 e. The molecule has 0 aliphatic rings. The molecule has 1 amide bonds. The fourth-order valence-electron chi connectivity index (χ4n) is 2.34. The third kappa shape index (κ3) is 3.65. The Hall–Kier alpha value is -2.22. The average Bonchev–Trinajstić information content (AvgIpc) is 2.92. The van der Waals surface area contributed by atoms with Crippen molar-refractivity contribution >= 4 is 56.6 Å². The van der Waals surface area contributed by atoms with E-state index in [-0.39, 0.29) is 16.9 Å². The number of aromatic nitrogens is 1. The van der Waals surface area contributed by atoms with Crippen LogP contribution in [0, 0.1) is 5.82 Å². The second-order valence-electron chi connectivity index (χ2n) is 5.18. The topological polar surface area (TPSA) is 60.7 Å². The molecule has 134 valence electrons. The number of hydrogen-bond donors (Lipinski definition) is 0. The maximum absolute atomic E-state index is 13.8. The second-order valence-corrected chi connectivity index (χ2v) is 7.03. The number of esters is 1. The van der Waals surface area contributed by atoms with Crippen LogP contribution in [-0.2, 0) is 16.1 Å². The fraction of sp³-hybridized carbons (Fsp3) is 0.118. The number of rotatable bonds is 3. The molecule has 5 nitrogen and oxygen atoms in total. The lowest BCUT2D eigenvalue weighted by Gasteiger charge is -2.05. The zero-order valence-electron chi connectivity index (χ0n) is 13.3. The van der Waals surface area contributed by atoms with Crippen molar-refractivity contribution in [1.82, 2.24) is 4.57 Å². The van der Waals surface area contributed by atoms with Gasteiger partial charge in [-0.2, -0.15) is 4.99 Å². The van der Waals surface area contributed by atoms with Gasteiger partial charge in [0.25, 0.3) is 5.91 Å². The molecule has 0 aliphatic heterocycles. The molecule has 0 spiro atoms. The van der Waals surface area contributed by atoms with Crippen molar-refractivity contribution in [2.75, 3.05) is 7.11 Å². The number of ether oxygens (including phenoxy) is 1. The summed E-state index contributed by atoms with van der Waals surface area (Å²) in [6.45, 7) is -0.207. The second kappa shape index (κ2) is 7.57. The van der Waals surface area contributed by atoms with E-state index in [1.54, 1.807) is 6.07 Å². The Bertz CT molecular complexity index is 1090. The van der Waals surface area contributed by atoms with Crippen LogP contribution in [-0.4, -0.2) is 23.6 Å². The van der Waals surface area contributed by atoms with Gasteiger partial charge >= 0.3 is 5.97 Å². The van der Waals surface area contributed by atoms with Gasteiger partial charge in [-0.15, -0.1) is 0 Å². The molecule has 0 unspecified atom stereocenters. The van der Waals surface area contributed by atoms with Crippen LogP contribution in [0.1, 0.15) is 10.4 Å². The zero-order valence-corrected chi connectivity index (χ0v) is 15.7. The average molecular weight is 413 g/mol. The molecule has 0 bridgehead atoms. The molecule has 1 aromatic heterocycles. The van der Waals surface area contributed by atoms with E-state index in [4.69, 9.17) is 23.2 Å². The fourth-order valence-corrected chi connectivity index (χ4v) is 4.15. The van der Waals surface area contributed by atoms with E-state index in [1.165, 1.54) is 42.0 Å². The molecule has 3 rings (SSSR count). The Labute approximate surface area is 161 Å². The van der Waals surface area contributed by atoms with Crippen molar-refractivity contribution in [1.29, 1.82) is 0 Å². The summed E-state index contributed by atoms with van der Waals surface area (Å²) in [6.07, 6.45) is 0. The van der Waals surface area contributed by atoms with Crippen molar-refractivity contribution in [2.45, 2.75) is 6.54 Å². The minimum Gasteiger partial charge on any atom is -0.468 e. The van der Waals surface area contributed by atoms with E-state index in [1.807, 2.05) is 0 Å². The van der Waals surface area contributed by atoms with Gasteiger partial charge in [0.15, 0.2) is 4.80 Å². The lowest BCUT2D eigenvalue weighted by molar-refractivity contribution is -0.141. The number of carbonyl (C=O) groups excluding carboxylic acids is 2. The number of carbonyl (C=O) groups is 2. The lowest BCUT2D eigenvalue weighted by Crippen LogP contribution is -2.22. The highest BCUT2D eigenvalue weighted by atomic mass is 35.5. The molecule has 26 heavy (non-hydrogen) atoms. The number of hydrogen-bond acceptors (Lipinski definition) is 4. The minimum atomic E-state index is -0.768. The first-order valence-electron chi connectivity index (χ1n) is 7.29. The summed E-state index contributed by atoms with van der Waals surface area (Å²) in [5.74, 6) is -1.99. The molecule has 0 saturated heterocycles. The van der Waals surface area contributed by atoms with Gasteiger partial charge in [-0.25, -0.2) is 4.39 Å². The van der Waals surface area contributed by atoms with Crippen molar-refractivity contribution in [3.05, 3.63) is 62.6 Å². The highest BCUT2D eigenvalue weighted by Crippen LogP contribution is 2.29. The van der Waals surface area contributed by atoms with Crippen LogP contribution < -0.4 is 4.80 Å². The minimum absolute atomic E-state index is 0.168. The van der Waals surface area contributed by atoms with Crippen molar-refractivity contribution in [2.24, 2.45) is 4.99 Å². The molecule has 2 aromatic carbocycles. The number of thiazole rings is 1. The molecule has 0 radical (unpaired) electrons. The SMILES string of the molecule is COC(=O)Cn1c(=NC(=O)c2ccccc2F)sc2cc(Cl)cc(Cl)c21. The van der Waals surface area contributed by atoms with Crippen molar-refractivity contribution in [3.63, 3.8) is 0 Å². The highest BCUT2D eigenvalue weighted by molar-refractivity contribution is 7.16. The van der Waals surface area contributed by atoms with E-state index < -0.39 is 17.7 Å². The summed E-state index contributed by atoms with van der Waals surface area (Å²) in [7, 11) is 1.25. The third-order valence-corrected chi connectivity index (χ3v) is 5.04. The summed E-state index contributed by atoms with van der Waals surface area (Å²) < 4.78 is 20.6. The van der Waals surface area contributed by atoms with Gasteiger partial charge in [-0.05, 0) is 24.3 Å². The first-order chi connectivity index (χ1) is 12.4. The predicted molar refractivity (Wildman–Crippen MR) is 98.1 cm³/mol. The maximum Gasteiger partial charge on any atom is 0.325 e. The van der Waals surface area contributed by atoms with Gasteiger partial charge in [0.1, 0.15) is 12.4 Å². The van der Waals surface area contributed by atoms with Crippen molar-refractivity contribution in [3.8, 4) is 0 Å². The lowest BCUT2D eigenvalue weighted by atomic mass is 10.2. The van der Waals surface area contributed by atoms with Gasteiger partial charge in [-0.1, -0.05) is 46.7 Å². The van der Waals surface area contributed by atoms with Crippen LogP contribution in [0.15, 0.2) is 41.4 Å². The molecular formula is C17H11Cl2FN2O3S. The summed E-state index contributed by atoms with van der Waals surface area (Å²) >= 11 is 13.4. The van der Waals surface area contributed by atoms with Crippen LogP contribution >= 0.6 is 34.5 Å². The summed E-state index contributed by atoms with van der Waals surface area (Å²) in [4.78, 5) is 28.3. The molecule has 3 aromatic rings. The van der Waals surface area contributed by atoms with Crippen LogP contribution in [0.4, 0.5) is 4.39 Å². The normalized spacial score (nSPS) is 11.8. The van der Waals surface area contributed by atoms with E-state index in [0.717, 1.165) is 11.3 Å². The first kappa shape index (κ1) is 18.6. The van der Waals surface area contributed by atoms with Crippen LogP contribution in [0.5, 0.6) is 0 Å². The number of fused-ring (bicyclic) bond motifs is 1. The Morgan fingerprint density at radius 1 is 1.27 bits per heavy atom. The smallest absolute Gasteiger partial charge is 0.325 e. The van der Waals surface area contributed by atoms with Gasteiger partial charge in [0.05, 0.1) is 27.9 Å². The first-order valence-corrected chi connectivity index (χ1v) is 8.86. The van der Waals surface area contributed by atoms with Crippen LogP contribution in [0.3, 0.4) is 0 Å². The van der Waals surface area contributed by atoms with Gasteiger partial charge in [0.2, 0.25) is 0 Å². The molecule has 1 heterocycles. The van der Waals surface area contributed by atoms with Crippen LogP contribution in [0.2, 0.25) is 10.0 Å². The van der Waals surface area contributed by atoms with Gasteiger partial charge in [-0.3, -0.25) is 9.59 Å². The molecular weight excluding hydrogens is 402 g/mol. The molecule has 9 heteroatoms. The maximum atomic E-state index is 13.8. The molecule has 0 aliphatic carbocycles. The van der Waals surface area contributed by atoms with E-state index in [0.29, 0.717) is 20.3 Å². The Morgan fingerprint density at radius 2 is 2.00 bits per heavy atom. The quantitative estimate of drug-likeness (QED) is 0.609. The zero-order chi connectivity index (χ0) is 18.8. The standard InChI is InChI=1S/C17H11Cl2FN2O3S/c1-25-14(23)8-22-15-11(19)6-9(18)7-13(15)26-17(22)21-16(24)10-4-2-3-5-12(10)20/h2-7H,8H2,1H3. The highest BCUT2D eigenvalue weighted by Gasteiger charge is 2.16. The Morgan fingerprint density at radius 3 is 2.69 bits per heavy atom. The van der Waals surface area contributed by atoms with E-state index >= 15 is 0 Å². The number of nitrogens with zero attached hydrogens (tertiary/aromatic N) is 2. The van der Waals surface area contributed by atoms with E-state index in [2.05, 4.69) is 9.73 Å². The van der Waals surface area contributed by atoms with E-state index in [9.17, 15) is 14.0 Å². The predicted octanol–water partition coefficient (Wildman–Crippen LogP) is 4.06. The monoisotopic (exact) mass is 412 g/mol. The number of halogens is 3. The van der Waals surface area contributed by atoms with Gasteiger partial charge in [0, 0.05) is 5.02 Å². The third-order valence-electron chi connectivity index (χ3n) is 3.51. The summed E-state index contributed by atoms with van der Waals surface area (Å²) in [5.41, 5.74) is 0.324. The van der Waals surface area contributed by atoms with Crippen molar-refractivity contribution < 1.29 is 18.7 Å². The molecule has 0 fully saturated rings. The number of amides is 1. The summed E-state index contributed by atoms with van der Waals surface area (Å²) in [5, 5.41) is 0.702. The number of benzene rings is 2. The van der Waals surface area contributed by atoms with Gasteiger partial charge < -0.3 is 9.30 Å². The molecule has 0 atom stereocenters. The molecule has 0 N–H and O–H groups in total. The molecule has 0 saturated carbocycles. The number of methoxy groups -OCH3 is 1. The van der Waals surface area contributed by atoms with Crippen LogP contribution in [0.25, 0.3) is 10.2 Å².